The fourth-order valence-electron chi connectivity index (χ4n) is 5.67. The van der Waals surface area contributed by atoms with Crippen molar-refractivity contribution in [2.75, 3.05) is 0 Å². The SMILES string of the molecule is CCCCCC[C@H]1CC[C@H](C2CCC(c3cc(F)c(C#N)c(F)c3)CC2)CC1. The lowest BCUT2D eigenvalue weighted by Crippen LogP contribution is -2.25. The van der Waals surface area contributed by atoms with Crippen molar-refractivity contribution in [1.29, 1.82) is 5.26 Å². The molecule has 0 aliphatic heterocycles. The zero-order chi connectivity index (χ0) is 19.9. The van der Waals surface area contributed by atoms with Crippen molar-refractivity contribution in [2.24, 2.45) is 17.8 Å². The second-order valence-electron chi connectivity index (χ2n) is 9.21. The van der Waals surface area contributed by atoms with Gasteiger partial charge >= 0.3 is 0 Å². The van der Waals surface area contributed by atoms with Crippen LogP contribution in [0.4, 0.5) is 8.78 Å². The third kappa shape index (κ3) is 5.34. The molecule has 0 aromatic heterocycles. The van der Waals surface area contributed by atoms with Gasteiger partial charge in [-0.2, -0.15) is 5.26 Å². The predicted molar refractivity (Wildman–Crippen MR) is 110 cm³/mol. The molecule has 2 aliphatic carbocycles. The summed E-state index contributed by atoms with van der Waals surface area (Å²) in [5, 5.41) is 8.84. The second-order valence-corrected chi connectivity index (χ2v) is 9.21. The molecule has 1 nitrogen and oxygen atoms in total. The van der Waals surface area contributed by atoms with Crippen LogP contribution in [0.15, 0.2) is 12.1 Å². The van der Waals surface area contributed by atoms with Gasteiger partial charge in [0.1, 0.15) is 23.3 Å². The van der Waals surface area contributed by atoms with E-state index in [4.69, 9.17) is 5.26 Å². The first kappa shape index (κ1) is 21.3. The van der Waals surface area contributed by atoms with Gasteiger partial charge in [0.15, 0.2) is 0 Å². The molecule has 0 radical (unpaired) electrons. The first-order valence-electron chi connectivity index (χ1n) is 11.5. The van der Waals surface area contributed by atoms with Gasteiger partial charge in [-0.05, 0) is 79.9 Å². The first-order valence-corrected chi connectivity index (χ1v) is 11.5. The number of halogens is 2. The highest BCUT2D eigenvalue weighted by Crippen LogP contribution is 2.44. The number of hydrogen-bond acceptors (Lipinski definition) is 1. The third-order valence-electron chi connectivity index (χ3n) is 7.44. The number of hydrogen-bond donors (Lipinski definition) is 0. The van der Waals surface area contributed by atoms with Crippen LogP contribution >= 0.6 is 0 Å². The molecule has 28 heavy (non-hydrogen) atoms. The Balaban J connectivity index is 1.44. The van der Waals surface area contributed by atoms with Crippen LogP contribution in [0.3, 0.4) is 0 Å². The Hall–Kier alpha value is -1.43. The normalized spacial score (nSPS) is 28.1. The second kappa shape index (κ2) is 10.4. The van der Waals surface area contributed by atoms with Crippen LogP contribution in [0, 0.1) is 40.7 Å². The van der Waals surface area contributed by atoms with E-state index in [-0.39, 0.29) is 5.92 Å². The van der Waals surface area contributed by atoms with Crippen molar-refractivity contribution in [1.82, 2.24) is 0 Å². The zero-order valence-corrected chi connectivity index (χ0v) is 17.4. The van der Waals surface area contributed by atoms with Crippen molar-refractivity contribution < 1.29 is 8.78 Å². The van der Waals surface area contributed by atoms with Crippen LogP contribution in [0.5, 0.6) is 0 Å². The van der Waals surface area contributed by atoms with Crippen LogP contribution in [-0.4, -0.2) is 0 Å². The summed E-state index contributed by atoms with van der Waals surface area (Å²) in [7, 11) is 0. The van der Waals surface area contributed by atoms with Crippen LogP contribution in [0.25, 0.3) is 0 Å². The van der Waals surface area contributed by atoms with E-state index in [0.29, 0.717) is 0 Å². The molecule has 0 amide bonds. The summed E-state index contributed by atoms with van der Waals surface area (Å²) in [4.78, 5) is 0. The molecule has 2 fully saturated rings. The Morgan fingerprint density at radius 2 is 1.43 bits per heavy atom. The van der Waals surface area contributed by atoms with E-state index in [2.05, 4.69) is 6.92 Å². The lowest BCUT2D eigenvalue weighted by molar-refractivity contribution is 0.155. The number of rotatable bonds is 7. The van der Waals surface area contributed by atoms with Crippen LogP contribution in [-0.2, 0) is 0 Å². The highest BCUT2D eigenvalue weighted by Gasteiger charge is 2.31. The van der Waals surface area contributed by atoms with Gasteiger partial charge in [0, 0.05) is 0 Å². The average Bonchev–Trinajstić information content (AvgIpc) is 2.72. The molecule has 0 atom stereocenters. The summed E-state index contributed by atoms with van der Waals surface area (Å²) in [6.45, 7) is 2.27. The van der Waals surface area contributed by atoms with Crippen molar-refractivity contribution in [3.8, 4) is 6.07 Å². The van der Waals surface area contributed by atoms with Crippen molar-refractivity contribution >= 4 is 0 Å². The van der Waals surface area contributed by atoms with E-state index in [1.54, 1.807) is 6.07 Å². The highest BCUT2D eigenvalue weighted by molar-refractivity contribution is 5.36. The molecule has 2 aliphatic rings. The summed E-state index contributed by atoms with van der Waals surface area (Å²) in [6.07, 6.45) is 16.9. The van der Waals surface area contributed by atoms with Gasteiger partial charge in [-0.3, -0.25) is 0 Å². The molecular formula is C25H35F2N. The van der Waals surface area contributed by atoms with E-state index in [1.807, 2.05) is 0 Å². The van der Waals surface area contributed by atoms with Gasteiger partial charge in [0.25, 0.3) is 0 Å². The lowest BCUT2D eigenvalue weighted by Gasteiger charge is -2.38. The molecule has 154 valence electrons. The van der Waals surface area contributed by atoms with Gasteiger partial charge in [-0.25, -0.2) is 8.78 Å². The van der Waals surface area contributed by atoms with Crippen LogP contribution < -0.4 is 0 Å². The van der Waals surface area contributed by atoms with E-state index in [9.17, 15) is 8.78 Å². The molecule has 2 saturated carbocycles. The largest absolute Gasteiger partial charge is 0.205 e. The average molecular weight is 388 g/mol. The minimum absolute atomic E-state index is 0.239. The van der Waals surface area contributed by atoms with E-state index >= 15 is 0 Å². The summed E-state index contributed by atoms with van der Waals surface area (Å²) in [6, 6.07) is 4.39. The van der Waals surface area contributed by atoms with Crippen molar-refractivity contribution in [2.45, 2.75) is 96.3 Å². The molecule has 3 heteroatoms. The Kier molecular flexibility index (Phi) is 7.89. The maximum Gasteiger partial charge on any atom is 0.144 e. The van der Waals surface area contributed by atoms with Gasteiger partial charge in [0.05, 0.1) is 0 Å². The number of nitrogens with zero attached hydrogens (tertiary/aromatic N) is 1. The molecule has 0 spiro atoms. The molecule has 0 unspecified atom stereocenters. The van der Waals surface area contributed by atoms with E-state index in [1.165, 1.54) is 82.8 Å². The number of benzene rings is 1. The Bertz CT molecular complexity index is 639. The molecule has 0 saturated heterocycles. The van der Waals surface area contributed by atoms with Gasteiger partial charge in [0.2, 0.25) is 0 Å². The van der Waals surface area contributed by atoms with Crippen LogP contribution in [0.2, 0.25) is 0 Å². The van der Waals surface area contributed by atoms with E-state index < -0.39 is 17.2 Å². The maximum atomic E-state index is 13.9. The highest BCUT2D eigenvalue weighted by atomic mass is 19.1. The fourth-order valence-corrected chi connectivity index (χ4v) is 5.67. The van der Waals surface area contributed by atoms with Crippen LogP contribution in [0.1, 0.15) is 107 Å². The summed E-state index contributed by atoms with van der Waals surface area (Å²) in [5.41, 5.74) is 0.284. The lowest BCUT2D eigenvalue weighted by atomic mass is 9.68. The van der Waals surface area contributed by atoms with Gasteiger partial charge in [-0.15, -0.1) is 0 Å². The summed E-state index contributed by atoms with van der Waals surface area (Å²) >= 11 is 0. The minimum atomic E-state index is -0.711. The third-order valence-corrected chi connectivity index (χ3v) is 7.44. The van der Waals surface area contributed by atoms with Crippen molar-refractivity contribution in [3.05, 3.63) is 34.9 Å². The van der Waals surface area contributed by atoms with Gasteiger partial charge < -0.3 is 0 Å². The standard InChI is InChI=1S/C25H35F2N/c1-2-3-4-5-6-18-7-9-19(10-8-18)20-11-13-21(14-12-20)22-15-24(26)23(17-28)25(27)16-22/h15-16,18-21H,2-14H2,1H3/t18-,19-,20?,21?. The Labute approximate surface area is 169 Å². The topological polar surface area (TPSA) is 23.8 Å². The molecule has 1 aromatic carbocycles. The summed E-state index contributed by atoms with van der Waals surface area (Å²) in [5.74, 6) is 1.43. The smallest absolute Gasteiger partial charge is 0.144 e. The molecule has 0 N–H and O–H groups in total. The molecule has 0 bridgehead atoms. The number of nitriles is 1. The van der Waals surface area contributed by atoms with E-state index in [0.717, 1.165) is 36.2 Å². The zero-order valence-electron chi connectivity index (χ0n) is 17.4. The predicted octanol–water partition coefficient (Wildman–Crippen LogP) is 7.89. The quantitative estimate of drug-likeness (QED) is 0.436. The Morgan fingerprint density at radius 1 is 0.857 bits per heavy atom. The molecule has 1 aromatic rings. The molecule has 0 heterocycles. The number of unbranched alkanes of at least 4 members (excludes halogenated alkanes) is 3. The minimum Gasteiger partial charge on any atom is -0.205 e. The summed E-state index contributed by atoms with van der Waals surface area (Å²) < 4.78 is 27.9. The monoisotopic (exact) mass is 387 g/mol. The first-order chi connectivity index (χ1) is 13.6. The molecule has 3 rings (SSSR count). The van der Waals surface area contributed by atoms with Crippen molar-refractivity contribution in [3.63, 3.8) is 0 Å². The molecular weight excluding hydrogens is 352 g/mol. The maximum absolute atomic E-state index is 13.9. The Morgan fingerprint density at radius 3 is 1.96 bits per heavy atom. The fraction of sp³-hybridized carbons (Fsp3) is 0.720. The van der Waals surface area contributed by atoms with Gasteiger partial charge in [-0.1, -0.05) is 51.9 Å².